The molecule has 0 aliphatic heterocycles. The maximum atomic E-state index is 10.2. The van der Waals surface area contributed by atoms with Crippen LogP contribution in [0.15, 0.2) is 0 Å². The number of nitrogens with zero attached hydrogens (tertiary/aromatic N) is 2. The number of unbranched alkanes of at least 4 members (excludes halogenated alkanes) is 9. The predicted molar refractivity (Wildman–Crippen MR) is 105 cm³/mol. The summed E-state index contributed by atoms with van der Waals surface area (Å²) in [6.07, 6.45) is 12.5. The third-order valence-electron chi connectivity index (χ3n) is 2.89. The van der Waals surface area contributed by atoms with E-state index in [1.54, 1.807) is 0 Å². The standard InChI is InChI=1S/C12H26O4S.C3H9N.C3H5N/c1-2-3-4-5-6-7-8-9-10-11-12-16-17(13,14)15;1-4(2)3;1-2-3-4/h2-12H2,1H3,(H,13,14,15);1-3H3;2H2,1H3. The summed E-state index contributed by atoms with van der Waals surface area (Å²) in [4.78, 5) is 2.00. The Labute approximate surface area is 156 Å². The van der Waals surface area contributed by atoms with Crippen LogP contribution in [0.4, 0.5) is 0 Å². The van der Waals surface area contributed by atoms with Gasteiger partial charge in [-0.3, -0.25) is 4.55 Å². The van der Waals surface area contributed by atoms with Gasteiger partial charge in [0.2, 0.25) is 0 Å². The van der Waals surface area contributed by atoms with Crippen LogP contribution < -0.4 is 0 Å². The van der Waals surface area contributed by atoms with Crippen LogP contribution in [-0.4, -0.2) is 45.6 Å². The number of hydrogen-bond acceptors (Lipinski definition) is 5. The Bertz CT molecular complexity index is 376. The molecule has 0 radical (unpaired) electrons. The maximum Gasteiger partial charge on any atom is 0.397 e. The van der Waals surface area contributed by atoms with E-state index >= 15 is 0 Å². The van der Waals surface area contributed by atoms with Crippen molar-refractivity contribution >= 4 is 10.4 Å². The molecule has 0 aromatic heterocycles. The summed E-state index contributed by atoms with van der Waals surface area (Å²) in [7, 11) is 1.77. The third-order valence-corrected chi connectivity index (χ3v) is 3.35. The van der Waals surface area contributed by atoms with Crippen molar-refractivity contribution in [2.45, 2.75) is 84.5 Å². The summed E-state index contributed by atoms with van der Waals surface area (Å²) in [6, 6.07) is 1.93. The smallest absolute Gasteiger partial charge is 0.312 e. The van der Waals surface area contributed by atoms with E-state index in [1.165, 1.54) is 44.9 Å². The Morgan fingerprint density at radius 1 is 0.880 bits per heavy atom. The van der Waals surface area contributed by atoms with Gasteiger partial charge in [0.15, 0.2) is 0 Å². The molecule has 152 valence electrons. The number of nitriles is 1. The van der Waals surface area contributed by atoms with E-state index in [9.17, 15) is 8.42 Å². The maximum absolute atomic E-state index is 10.2. The van der Waals surface area contributed by atoms with Crippen molar-refractivity contribution in [2.75, 3.05) is 27.7 Å². The molecule has 0 aliphatic carbocycles. The molecule has 1 N–H and O–H groups in total. The molecule has 0 rings (SSSR count). The zero-order valence-electron chi connectivity index (χ0n) is 17.0. The van der Waals surface area contributed by atoms with E-state index < -0.39 is 10.4 Å². The summed E-state index contributed by atoms with van der Waals surface area (Å²) in [5.41, 5.74) is 0. The van der Waals surface area contributed by atoms with E-state index in [-0.39, 0.29) is 6.61 Å². The van der Waals surface area contributed by atoms with Gasteiger partial charge in [-0.2, -0.15) is 13.7 Å². The molecule has 0 fully saturated rings. The lowest BCUT2D eigenvalue weighted by atomic mass is 10.1. The highest BCUT2D eigenvalue weighted by molar-refractivity contribution is 7.80. The lowest BCUT2D eigenvalue weighted by Gasteiger charge is -2.02. The lowest BCUT2D eigenvalue weighted by molar-refractivity contribution is 0.261. The molecule has 0 aromatic carbocycles. The van der Waals surface area contributed by atoms with E-state index in [2.05, 4.69) is 11.1 Å². The van der Waals surface area contributed by atoms with Gasteiger partial charge in [0.25, 0.3) is 0 Å². The topological polar surface area (TPSA) is 90.6 Å². The van der Waals surface area contributed by atoms with E-state index in [1.807, 2.05) is 39.0 Å². The molecule has 0 amide bonds. The van der Waals surface area contributed by atoms with Crippen LogP contribution in [0, 0.1) is 11.3 Å². The second kappa shape index (κ2) is 23.3. The quantitative estimate of drug-likeness (QED) is 0.385. The van der Waals surface area contributed by atoms with Gasteiger partial charge in [0.1, 0.15) is 0 Å². The molecular formula is C18H40N2O4S. The molecule has 0 heterocycles. The second-order valence-corrected chi connectivity index (χ2v) is 7.38. The van der Waals surface area contributed by atoms with Gasteiger partial charge in [-0.25, -0.2) is 4.18 Å². The minimum Gasteiger partial charge on any atom is -0.312 e. The fraction of sp³-hybridized carbons (Fsp3) is 0.944. The van der Waals surface area contributed by atoms with Crippen molar-refractivity contribution in [3.8, 4) is 6.07 Å². The normalized spacial score (nSPS) is 10.3. The average Bonchev–Trinajstić information content (AvgIpc) is 2.51. The summed E-state index contributed by atoms with van der Waals surface area (Å²) in [5, 5.41) is 7.62. The largest absolute Gasteiger partial charge is 0.397 e. The van der Waals surface area contributed by atoms with Crippen LogP contribution in [-0.2, 0) is 14.6 Å². The Morgan fingerprint density at radius 2 is 1.20 bits per heavy atom. The minimum absolute atomic E-state index is 0.0926. The molecule has 0 aromatic rings. The van der Waals surface area contributed by atoms with Crippen molar-refractivity contribution in [2.24, 2.45) is 0 Å². The van der Waals surface area contributed by atoms with Gasteiger partial charge in [0.05, 0.1) is 12.7 Å². The molecule has 0 aliphatic rings. The first-order valence-electron chi connectivity index (χ1n) is 9.30. The van der Waals surface area contributed by atoms with Crippen molar-refractivity contribution < 1.29 is 17.2 Å². The van der Waals surface area contributed by atoms with Gasteiger partial charge in [-0.05, 0) is 27.6 Å². The van der Waals surface area contributed by atoms with Crippen molar-refractivity contribution in [3.63, 3.8) is 0 Å². The van der Waals surface area contributed by atoms with E-state index in [0.717, 1.165) is 12.8 Å². The molecule has 0 saturated carbocycles. The first-order chi connectivity index (χ1) is 11.7. The summed E-state index contributed by atoms with van der Waals surface area (Å²) in [5.74, 6) is 0. The van der Waals surface area contributed by atoms with E-state index in [4.69, 9.17) is 9.81 Å². The summed E-state index contributed by atoms with van der Waals surface area (Å²) >= 11 is 0. The molecule has 0 saturated heterocycles. The third kappa shape index (κ3) is 51.7. The second-order valence-electron chi connectivity index (χ2n) is 6.28. The van der Waals surface area contributed by atoms with Gasteiger partial charge in [-0.15, -0.1) is 0 Å². The van der Waals surface area contributed by atoms with Crippen LogP contribution in [0.25, 0.3) is 0 Å². The molecule has 6 nitrogen and oxygen atoms in total. The van der Waals surface area contributed by atoms with Gasteiger partial charge >= 0.3 is 10.4 Å². The van der Waals surface area contributed by atoms with Gasteiger partial charge in [-0.1, -0.05) is 71.6 Å². The zero-order valence-corrected chi connectivity index (χ0v) is 17.8. The Morgan fingerprint density at radius 3 is 1.48 bits per heavy atom. The molecule has 0 bridgehead atoms. The van der Waals surface area contributed by atoms with Gasteiger partial charge in [0, 0.05) is 6.42 Å². The molecule has 7 heteroatoms. The minimum atomic E-state index is -4.23. The first kappa shape index (κ1) is 29.1. The van der Waals surface area contributed by atoms with Crippen LogP contribution in [0.1, 0.15) is 84.5 Å². The Hall–Kier alpha value is -0.680. The van der Waals surface area contributed by atoms with Crippen molar-refractivity contribution in [3.05, 3.63) is 0 Å². The molecule has 25 heavy (non-hydrogen) atoms. The lowest BCUT2D eigenvalue weighted by Crippen LogP contribution is -2.04. The Kier molecular flexibility index (Phi) is 27.1. The SMILES string of the molecule is CCC#N.CCCCCCCCCCCCOS(=O)(=O)O.CN(C)C. The highest BCUT2D eigenvalue weighted by atomic mass is 32.3. The van der Waals surface area contributed by atoms with Crippen molar-refractivity contribution in [1.29, 1.82) is 5.26 Å². The summed E-state index contributed by atoms with van der Waals surface area (Å²) in [6.45, 7) is 4.13. The average molecular weight is 381 g/mol. The molecule has 0 unspecified atom stereocenters. The fourth-order valence-corrected chi connectivity index (χ4v) is 2.08. The molecular weight excluding hydrogens is 340 g/mol. The van der Waals surface area contributed by atoms with E-state index in [0.29, 0.717) is 12.8 Å². The van der Waals surface area contributed by atoms with Crippen LogP contribution in [0.2, 0.25) is 0 Å². The zero-order chi connectivity index (χ0) is 20.0. The highest BCUT2D eigenvalue weighted by Gasteiger charge is 2.02. The Balaban J connectivity index is -0.000000503. The molecule has 0 spiro atoms. The van der Waals surface area contributed by atoms with Crippen LogP contribution >= 0.6 is 0 Å². The fourth-order valence-electron chi connectivity index (χ4n) is 1.75. The molecule has 0 atom stereocenters. The predicted octanol–water partition coefficient (Wildman–Crippen LogP) is 4.82. The van der Waals surface area contributed by atoms with Crippen LogP contribution in [0.5, 0.6) is 0 Å². The number of rotatable bonds is 12. The van der Waals surface area contributed by atoms with Crippen LogP contribution in [0.3, 0.4) is 0 Å². The van der Waals surface area contributed by atoms with Crippen molar-refractivity contribution in [1.82, 2.24) is 4.90 Å². The summed E-state index contributed by atoms with van der Waals surface area (Å²) < 4.78 is 33.0. The number of hydrogen-bond donors (Lipinski definition) is 1. The first-order valence-corrected chi connectivity index (χ1v) is 10.7. The van der Waals surface area contributed by atoms with Gasteiger partial charge < -0.3 is 4.90 Å². The monoisotopic (exact) mass is 380 g/mol. The highest BCUT2D eigenvalue weighted by Crippen LogP contribution is 2.10.